The minimum absolute atomic E-state index is 0.182. The zero-order valence-corrected chi connectivity index (χ0v) is 11.6. The molecule has 0 aliphatic carbocycles. The molecule has 0 radical (unpaired) electrons. The quantitative estimate of drug-likeness (QED) is 0.838. The molecule has 0 atom stereocenters. The van der Waals surface area contributed by atoms with E-state index in [2.05, 4.69) is 41.9 Å². The van der Waals surface area contributed by atoms with Crippen molar-refractivity contribution in [1.82, 2.24) is 4.98 Å². The Morgan fingerprint density at radius 1 is 1.16 bits per heavy atom. The Hall–Kier alpha value is -1.77. The van der Waals surface area contributed by atoms with Crippen LogP contribution in [0.5, 0.6) is 5.75 Å². The highest BCUT2D eigenvalue weighted by Crippen LogP contribution is 2.30. The number of ether oxygens (including phenoxy) is 1. The van der Waals surface area contributed by atoms with Crippen molar-refractivity contribution in [2.75, 3.05) is 18.0 Å². The van der Waals surface area contributed by atoms with Crippen molar-refractivity contribution >= 4 is 16.6 Å². The summed E-state index contributed by atoms with van der Waals surface area (Å²) in [6, 6.07) is 8.43. The van der Waals surface area contributed by atoms with E-state index in [0.717, 1.165) is 29.7 Å². The summed E-state index contributed by atoms with van der Waals surface area (Å²) >= 11 is 0. The maximum Gasteiger partial charge on any atom is 0.130 e. The lowest BCUT2D eigenvalue weighted by Gasteiger charge is -2.19. The Balaban J connectivity index is 2.03. The molecule has 1 aliphatic heterocycles. The maximum absolute atomic E-state index is 5.89. The molecule has 0 unspecified atom stereocenters. The molecule has 2 aromatic rings. The summed E-state index contributed by atoms with van der Waals surface area (Å²) in [7, 11) is 0. The summed E-state index contributed by atoms with van der Waals surface area (Å²) in [5.41, 5.74) is 2.28. The van der Waals surface area contributed by atoms with Crippen LogP contribution in [0.1, 0.15) is 26.7 Å². The number of pyridine rings is 1. The first-order valence-electron chi connectivity index (χ1n) is 7.04. The van der Waals surface area contributed by atoms with E-state index in [4.69, 9.17) is 4.74 Å². The zero-order valence-electron chi connectivity index (χ0n) is 11.6. The topological polar surface area (TPSA) is 25.4 Å². The van der Waals surface area contributed by atoms with Crippen LogP contribution in [0.4, 0.5) is 5.69 Å². The first-order valence-corrected chi connectivity index (χ1v) is 7.04. The second-order valence-electron chi connectivity index (χ2n) is 5.37. The van der Waals surface area contributed by atoms with Gasteiger partial charge in [-0.1, -0.05) is 0 Å². The molecule has 0 bridgehead atoms. The Labute approximate surface area is 114 Å². The van der Waals surface area contributed by atoms with Crippen molar-refractivity contribution in [1.29, 1.82) is 0 Å². The minimum atomic E-state index is 0.182. The summed E-state index contributed by atoms with van der Waals surface area (Å²) in [5, 5.41) is 1.11. The lowest BCUT2D eigenvalue weighted by Crippen LogP contribution is -2.17. The lowest BCUT2D eigenvalue weighted by molar-refractivity contribution is 0.245. The molecule has 1 fully saturated rings. The van der Waals surface area contributed by atoms with E-state index in [9.17, 15) is 0 Å². The molecule has 0 spiro atoms. The van der Waals surface area contributed by atoms with Crippen LogP contribution in [-0.4, -0.2) is 24.2 Å². The van der Waals surface area contributed by atoms with Crippen molar-refractivity contribution in [3.05, 3.63) is 30.5 Å². The lowest BCUT2D eigenvalue weighted by atomic mass is 10.1. The van der Waals surface area contributed by atoms with E-state index in [0.29, 0.717) is 0 Å². The average Bonchev–Trinajstić information content (AvgIpc) is 2.92. The van der Waals surface area contributed by atoms with Gasteiger partial charge >= 0.3 is 0 Å². The largest absolute Gasteiger partial charge is 0.490 e. The first kappa shape index (κ1) is 12.3. The molecule has 3 heteroatoms. The van der Waals surface area contributed by atoms with Gasteiger partial charge in [0.2, 0.25) is 0 Å². The van der Waals surface area contributed by atoms with Crippen molar-refractivity contribution in [3.8, 4) is 5.75 Å². The van der Waals surface area contributed by atoms with Crippen LogP contribution in [-0.2, 0) is 0 Å². The van der Waals surface area contributed by atoms with Gasteiger partial charge in [0.05, 0.1) is 11.6 Å². The second kappa shape index (κ2) is 5.08. The molecule has 100 valence electrons. The van der Waals surface area contributed by atoms with Gasteiger partial charge in [-0.2, -0.15) is 0 Å². The van der Waals surface area contributed by atoms with Gasteiger partial charge in [-0.15, -0.1) is 0 Å². The molecule has 1 aromatic heterocycles. The van der Waals surface area contributed by atoms with E-state index in [-0.39, 0.29) is 6.10 Å². The van der Waals surface area contributed by atoms with Crippen LogP contribution >= 0.6 is 0 Å². The van der Waals surface area contributed by atoms with Crippen molar-refractivity contribution < 1.29 is 4.74 Å². The summed E-state index contributed by atoms with van der Waals surface area (Å²) in [4.78, 5) is 6.85. The molecule has 2 heterocycles. The molecule has 0 N–H and O–H groups in total. The van der Waals surface area contributed by atoms with Crippen LogP contribution in [0.2, 0.25) is 0 Å². The Bertz CT molecular complexity index is 574. The van der Waals surface area contributed by atoms with Gasteiger partial charge in [-0.25, -0.2) is 0 Å². The monoisotopic (exact) mass is 256 g/mol. The van der Waals surface area contributed by atoms with Gasteiger partial charge in [0.25, 0.3) is 0 Å². The van der Waals surface area contributed by atoms with Crippen LogP contribution in [0.25, 0.3) is 10.9 Å². The van der Waals surface area contributed by atoms with E-state index in [1.54, 1.807) is 0 Å². The summed E-state index contributed by atoms with van der Waals surface area (Å²) in [5.74, 6) is 0.932. The van der Waals surface area contributed by atoms with Crippen LogP contribution in [0.3, 0.4) is 0 Å². The highest BCUT2D eigenvalue weighted by molar-refractivity contribution is 5.88. The number of benzene rings is 1. The molecule has 0 saturated carbocycles. The number of hydrogen-bond donors (Lipinski definition) is 0. The van der Waals surface area contributed by atoms with Gasteiger partial charge < -0.3 is 9.64 Å². The Morgan fingerprint density at radius 2 is 1.95 bits per heavy atom. The predicted octanol–water partition coefficient (Wildman–Crippen LogP) is 3.62. The third-order valence-electron chi connectivity index (χ3n) is 3.52. The standard InChI is InChI=1S/C16H20N2O/c1-12(2)19-16-7-8-17-15-6-5-13(11-14(15)16)18-9-3-4-10-18/h5-8,11-12H,3-4,9-10H2,1-2H3. The second-order valence-corrected chi connectivity index (χ2v) is 5.37. The van der Waals surface area contributed by atoms with E-state index in [1.807, 2.05) is 12.3 Å². The highest BCUT2D eigenvalue weighted by Gasteiger charge is 2.14. The number of hydrogen-bond acceptors (Lipinski definition) is 3. The SMILES string of the molecule is CC(C)Oc1ccnc2ccc(N3CCCC3)cc12. The summed E-state index contributed by atoms with van der Waals surface area (Å²) in [6.07, 6.45) is 4.58. The maximum atomic E-state index is 5.89. The number of rotatable bonds is 3. The van der Waals surface area contributed by atoms with Gasteiger partial charge in [0, 0.05) is 30.4 Å². The van der Waals surface area contributed by atoms with Crippen LogP contribution in [0, 0.1) is 0 Å². The minimum Gasteiger partial charge on any atom is -0.490 e. The number of fused-ring (bicyclic) bond motifs is 1. The fraction of sp³-hybridized carbons (Fsp3) is 0.438. The number of anilines is 1. The van der Waals surface area contributed by atoms with E-state index < -0.39 is 0 Å². The van der Waals surface area contributed by atoms with E-state index >= 15 is 0 Å². The molecule has 1 aliphatic rings. The normalized spacial score (nSPS) is 15.4. The van der Waals surface area contributed by atoms with Crippen molar-refractivity contribution in [3.63, 3.8) is 0 Å². The first-order chi connectivity index (χ1) is 9.24. The van der Waals surface area contributed by atoms with Crippen molar-refractivity contribution in [2.45, 2.75) is 32.8 Å². The smallest absolute Gasteiger partial charge is 0.130 e. The average molecular weight is 256 g/mol. The predicted molar refractivity (Wildman–Crippen MR) is 79.0 cm³/mol. The molecule has 19 heavy (non-hydrogen) atoms. The van der Waals surface area contributed by atoms with Crippen LogP contribution in [0.15, 0.2) is 30.5 Å². The molecule has 3 rings (SSSR count). The summed E-state index contributed by atoms with van der Waals surface area (Å²) < 4.78 is 5.89. The third-order valence-corrected chi connectivity index (χ3v) is 3.52. The molecule has 3 nitrogen and oxygen atoms in total. The third kappa shape index (κ3) is 2.50. The molecule has 1 aromatic carbocycles. The van der Waals surface area contributed by atoms with Gasteiger partial charge in [-0.05, 0) is 51.0 Å². The molecule has 1 saturated heterocycles. The van der Waals surface area contributed by atoms with Gasteiger partial charge in [0.1, 0.15) is 5.75 Å². The fourth-order valence-corrected chi connectivity index (χ4v) is 2.64. The molecule has 0 amide bonds. The van der Waals surface area contributed by atoms with Gasteiger partial charge in [-0.3, -0.25) is 4.98 Å². The van der Waals surface area contributed by atoms with E-state index in [1.165, 1.54) is 18.5 Å². The number of aromatic nitrogens is 1. The number of nitrogens with zero attached hydrogens (tertiary/aromatic N) is 2. The zero-order chi connectivity index (χ0) is 13.2. The van der Waals surface area contributed by atoms with Crippen molar-refractivity contribution in [2.24, 2.45) is 0 Å². The van der Waals surface area contributed by atoms with Crippen LogP contribution < -0.4 is 9.64 Å². The molecular weight excluding hydrogens is 236 g/mol. The Morgan fingerprint density at radius 3 is 2.68 bits per heavy atom. The summed E-state index contributed by atoms with van der Waals surface area (Å²) in [6.45, 7) is 6.42. The highest BCUT2D eigenvalue weighted by atomic mass is 16.5. The van der Waals surface area contributed by atoms with Gasteiger partial charge in [0.15, 0.2) is 0 Å². The molecular formula is C16H20N2O. The Kier molecular flexibility index (Phi) is 3.28. The fourth-order valence-electron chi connectivity index (χ4n) is 2.64.